The Balaban J connectivity index is 1.68. The lowest BCUT2D eigenvalue weighted by Crippen LogP contribution is -2.13. The van der Waals surface area contributed by atoms with Crippen molar-refractivity contribution in [3.63, 3.8) is 0 Å². The molecule has 2 aromatic heterocycles. The number of allylic oxidation sites excluding steroid dienone is 4. The standard InChI is InChI=1S/C21H16N4O2/c26-16-8-10-23-20-18(16)14(11-24-20)17-13-6-4-5-12(19(13)25-21(17)27)15-7-2-1-3-9-22-15/h1-11,17,22H,(H,25,27)(H2,23,24,26). The number of aromatic hydroxyl groups is 1. The highest BCUT2D eigenvalue weighted by molar-refractivity contribution is 6.09. The van der Waals surface area contributed by atoms with Gasteiger partial charge in [0.05, 0.1) is 17.0 Å². The zero-order chi connectivity index (χ0) is 18.4. The predicted molar refractivity (Wildman–Crippen MR) is 104 cm³/mol. The summed E-state index contributed by atoms with van der Waals surface area (Å²) >= 11 is 0. The minimum atomic E-state index is -0.513. The molecule has 5 rings (SSSR count). The molecule has 4 N–H and O–H groups in total. The highest BCUT2D eigenvalue weighted by atomic mass is 16.3. The van der Waals surface area contributed by atoms with Gasteiger partial charge < -0.3 is 20.7 Å². The zero-order valence-corrected chi connectivity index (χ0v) is 14.2. The van der Waals surface area contributed by atoms with Crippen molar-refractivity contribution in [2.45, 2.75) is 5.92 Å². The Kier molecular flexibility index (Phi) is 3.36. The molecule has 2 aliphatic rings. The van der Waals surface area contributed by atoms with E-state index in [4.69, 9.17) is 0 Å². The lowest BCUT2D eigenvalue weighted by molar-refractivity contribution is -0.116. The summed E-state index contributed by atoms with van der Waals surface area (Å²) < 4.78 is 0. The summed E-state index contributed by atoms with van der Waals surface area (Å²) in [6.45, 7) is 0. The molecule has 1 amide bonds. The lowest BCUT2D eigenvalue weighted by atomic mass is 9.91. The van der Waals surface area contributed by atoms with Crippen LogP contribution in [0, 0.1) is 0 Å². The maximum atomic E-state index is 12.9. The second-order valence-corrected chi connectivity index (χ2v) is 6.46. The Morgan fingerprint density at radius 3 is 2.93 bits per heavy atom. The van der Waals surface area contributed by atoms with E-state index < -0.39 is 5.92 Å². The van der Waals surface area contributed by atoms with E-state index in [0.717, 1.165) is 22.5 Å². The van der Waals surface area contributed by atoms with Crippen molar-refractivity contribution in [2.24, 2.45) is 0 Å². The fraction of sp³-hybridized carbons (Fsp3) is 0.0476. The first-order valence-electron chi connectivity index (χ1n) is 8.63. The van der Waals surface area contributed by atoms with Crippen LogP contribution in [0.25, 0.3) is 16.7 Å². The molecule has 132 valence electrons. The number of carbonyl (C=O) groups is 1. The summed E-state index contributed by atoms with van der Waals surface area (Å²) in [6, 6.07) is 7.39. The van der Waals surface area contributed by atoms with Crippen LogP contribution in [0.2, 0.25) is 0 Å². The zero-order valence-electron chi connectivity index (χ0n) is 14.2. The summed E-state index contributed by atoms with van der Waals surface area (Å²) in [4.78, 5) is 20.2. The number of carbonyl (C=O) groups excluding carboxylic acids is 1. The quantitative estimate of drug-likeness (QED) is 0.567. The largest absolute Gasteiger partial charge is 0.507 e. The van der Waals surface area contributed by atoms with Gasteiger partial charge in [-0.15, -0.1) is 0 Å². The number of para-hydroxylation sites is 1. The molecule has 0 fully saturated rings. The molecule has 0 saturated carbocycles. The van der Waals surface area contributed by atoms with Crippen molar-refractivity contribution in [3.8, 4) is 5.75 Å². The number of pyridine rings is 1. The number of benzene rings is 1. The van der Waals surface area contributed by atoms with Gasteiger partial charge in [-0.2, -0.15) is 0 Å². The van der Waals surface area contributed by atoms with Crippen molar-refractivity contribution < 1.29 is 9.90 Å². The molecule has 4 heterocycles. The minimum absolute atomic E-state index is 0.108. The van der Waals surface area contributed by atoms with Gasteiger partial charge in [0, 0.05) is 29.9 Å². The third kappa shape index (κ3) is 2.34. The molecule has 1 unspecified atom stereocenters. The van der Waals surface area contributed by atoms with Crippen LogP contribution >= 0.6 is 0 Å². The van der Waals surface area contributed by atoms with Crippen molar-refractivity contribution in [3.05, 3.63) is 83.9 Å². The average molecular weight is 356 g/mol. The molecular weight excluding hydrogens is 340 g/mol. The van der Waals surface area contributed by atoms with Crippen LogP contribution in [0.1, 0.15) is 22.6 Å². The van der Waals surface area contributed by atoms with Gasteiger partial charge in [0.2, 0.25) is 5.91 Å². The molecule has 6 nitrogen and oxygen atoms in total. The highest BCUT2D eigenvalue weighted by Gasteiger charge is 2.36. The van der Waals surface area contributed by atoms with Crippen LogP contribution in [0.5, 0.6) is 5.75 Å². The van der Waals surface area contributed by atoms with Crippen LogP contribution in [-0.2, 0) is 4.79 Å². The molecular formula is C21H16N4O2. The summed E-state index contributed by atoms with van der Waals surface area (Å²) in [5, 5.41) is 17.1. The Morgan fingerprint density at radius 2 is 2.00 bits per heavy atom. The maximum Gasteiger partial charge on any atom is 0.236 e. The molecule has 27 heavy (non-hydrogen) atoms. The number of nitrogens with zero attached hydrogens (tertiary/aromatic N) is 1. The van der Waals surface area contributed by atoms with Crippen molar-refractivity contribution in [2.75, 3.05) is 5.32 Å². The third-order valence-corrected chi connectivity index (χ3v) is 4.92. The number of aromatic nitrogens is 2. The van der Waals surface area contributed by atoms with E-state index >= 15 is 0 Å². The van der Waals surface area contributed by atoms with E-state index in [2.05, 4.69) is 20.6 Å². The van der Waals surface area contributed by atoms with Crippen LogP contribution < -0.4 is 10.6 Å². The SMILES string of the molecule is O=C1Nc2c(C3=CC=CC=CN3)cccc2C1c1c[nH]c2nccc(O)c12. The Labute approximate surface area is 154 Å². The molecule has 0 bridgehead atoms. The Morgan fingerprint density at radius 1 is 1.07 bits per heavy atom. The summed E-state index contributed by atoms with van der Waals surface area (Å²) in [5.74, 6) is -0.528. The third-order valence-electron chi connectivity index (χ3n) is 4.92. The molecule has 0 radical (unpaired) electrons. The summed E-state index contributed by atoms with van der Waals surface area (Å²) in [6.07, 6.45) is 12.9. The van der Waals surface area contributed by atoms with Crippen molar-refractivity contribution >= 4 is 28.3 Å². The van der Waals surface area contributed by atoms with Crippen LogP contribution in [0.4, 0.5) is 5.69 Å². The van der Waals surface area contributed by atoms with Gasteiger partial charge in [-0.1, -0.05) is 30.4 Å². The monoisotopic (exact) mass is 356 g/mol. The number of H-pyrrole nitrogens is 1. The van der Waals surface area contributed by atoms with E-state index in [9.17, 15) is 9.90 Å². The molecule has 1 atom stereocenters. The number of anilines is 1. The van der Waals surface area contributed by atoms with E-state index in [1.165, 1.54) is 12.3 Å². The Hall–Kier alpha value is -3.80. The van der Waals surface area contributed by atoms with E-state index in [0.29, 0.717) is 16.6 Å². The fourth-order valence-electron chi connectivity index (χ4n) is 3.74. The minimum Gasteiger partial charge on any atom is -0.507 e. The van der Waals surface area contributed by atoms with Crippen LogP contribution in [-0.4, -0.2) is 21.0 Å². The molecule has 2 aliphatic heterocycles. The van der Waals surface area contributed by atoms with Crippen LogP contribution in [0.15, 0.2) is 67.2 Å². The topological polar surface area (TPSA) is 90.0 Å². The van der Waals surface area contributed by atoms with Gasteiger partial charge in [-0.25, -0.2) is 4.98 Å². The van der Waals surface area contributed by atoms with Gasteiger partial charge in [0.15, 0.2) is 0 Å². The number of fused-ring (bicyclic) bond motifs is 2. The normalized spacial score (nSPS) is 18.0. The first-order chi connectivity index (χ1) is 13.2. The van der Waals surface area contributed by atoms with E-state index in [1.54, 1.807) is 6.20 Å². The predicted octanol–water partition coefficient (Wildman–Crippen LogP) is 3.37. The highest BCUT2D eigenvalue weighted by Crippen LogP contribution is 2.44. The molecule has 0 spiro atoms. The summed E-state index contributed by atoms with van der Waals surface area (Å²) in [7, 11) is 0. The molecule has 6 heteroatoms. The lowest BCUT2D eigenvalue weighted by Gasteiger charge is -2.12. The van der Waals surface area contributed by atoms with Crippen molar-refractivity contribution in [1.29, 1.82) is 0 Å². The Bertz CT molecular complexity index is 1170. The second-order valence-electron chi connectivity index (χ2n) is 6.46. The number of hydrogen-bond acceptors (Lipinski definition) is 4. The first-order valence-corrected chi connectivity index (χ1v) is 8.63. The number of rotatable bonds is 2. The van der Waals surface area contributed by atoms with Crippen LogP contribution in [0.3, 0.4) is 0 Å². The van der Waals surface area contributed by atoms with Crippen molar-refractivity contribution in [1.82, 2.24) is 15.3 Å². The maximum absolute atomic E-state index is 12.9. The molecule has 1 aromatic carbocycles. The van der Waals surface area contributed by atoms with E-state index in [-0.39, 0.29) is 11.7 Å². The van der Waals surface area contributed by atoms with Gasteiger partial charge in [0.25, 0.3) is 0 Å². The van der Waals surface area contributed by atoms with E-state index in [1.807, 2.05) is 48.7 Å². The number of amides is 1. The van der Waals surface area contributed by atoms with Gasteiger partial charge >= 0.3 is 0 Å². The second kappa shape index (κ2) is 5.88. The number of aromatic amines is 1. The fourth-order valence-corrected chi connectivity index (χ4v) is 3.74. The molecule has 3 aromatic rings. The first kappa shape index (κ1) is 15.5. The van der Waals surface area contributed by atoms with Gasteiger partial charge in [-0.3, -0.25) is 4.79 Å². The average Bonchev–Trinajstić information content (AvgIpc) is 3.11. The summed E-state index contributed by atoms with van der Waals surface area (Å²) in [5.41, 5.74) is 4.76. The molecule has 0 aliphatic carbocycles. The number of nitrogens with one attached hydrogen (secondary N) is 3. The smallest absolute Gasteiger partial charge is 0.236 e. The van der Waals surface area contributed by atoms with Gasteiger partial charge in [-0.05, 0) is 29.3 Å². The number of hydrogen-bond donors (Lipinski definition) is 4. The molecule has 0 saturated heterocycles. The van der Waals surface area contributed by atoms with Gasteiger partial charge in [0.1, 0.15) is 11.4 Å².